The van der Waals surface area contributed by atoms with Gasteiger partial charge in [0.1, 0.15) is 12.4 Å². The van der Waals surface area contributed by atoms with Crippen LogP contribution in [-0.4, -0.2) is 69.2 Å². The number of rotatable bonds is 7. The molecule has 9 heteroatoms. The lowest BCUT2D eigenvalue weighted by Crippen LogP contribution is -2.48. The predicted molar refractivity (Wildman–Crippen MR) is 118 cm³/mol. The predicted octanol–water partition coefficient (Wildman–Crippen LogP) is 1.93. The first kappa shape index (κ1) is 23.6. The number of guanidine groups is 1. The number of hydrogen-bond acceptors (Lipinski definition) is 4. The van der Waals surface area contributed by atoms with Crippen molar-refractivity contribution in [1.29, 1.82) is 0 Å². The third-order valence-corrected chi connectivity index (χ3v) is 5.09. The number of nitrogens with zero attached hydrogens (tertiary/aromatic N) is 6. The molecular formula is C18H34IN7O. The van der Waals surface area contributed by atoms with Gasteiger partial charge in [-0.05, 0) is 33.6 Å². The molecule has 0 aromatic carbocycles. The Bertz CT molecular complexity index is 621. The first-order valence-electron chi connectivity index (χ1n) is 9.61. The van der Waals surface area contributed by atoms with Gasteiger partial charge < -0.3 is 19.7 Å². The number of aryl methyl sites for hydroxylation is 1. The van der Waals surface area contributed by atoms with Gasteiger partial charge in [-0.25, -0.2) is 4.99 Å². The molecule has 1 saturated carbocycles. The standard InChI is InChI=1S/C18H33N7O.HI/c1-6-25(7-2)17(26)13-23(4)18(20-15-10-8-9-11-15)19-12-16-22-21-14(3)24(16)5;/h15H,6-13H2,1-5H3,(H,19,20);1H. The summed E-state index contributed by atoms with van der Waals surface area (Å²) >= 11 is 0. The van der Waals surface area contributed by atoms with Crippen LogP contribution in [0.1, 0.15) is 51.2 Å². The summed E-state index contributed by atoms with van der Waals surface area (Å²) in [4.78, 5) is 21.0. The van der Waals surface area contributed by atoms with Gasteiger partial charge in [0.25, 0.3) is 0 Å². The molecule has 2 rings (SSSR count). The summed E-state index contributed by atoms with van der Waals surface area (Å²) in [6.07, 6.45) is 4.80. The molecule has 27 heavy (non-hydrogen) atoms. The van der Waals surface area contributed by atoms with Crippen LogP contribution in [0.25, 0.3) is 0 Å². The maximum absolute atomic E-state index is 12.5. The average Bonchev–Trinajstić information content (AvgIpc) is 3.24. The van der Waals surface area contributed by atoms with E-state index in [1.165, 1.54) is 12.8 Å². The fourth-order valence-corrected chi connectivity index (χ4v) is 3.22. The molecule has 0 aliphatic heterocycles. The van der Waals surface area contributed by atoms with Gasteiger partial charge in [0.05, 0.1) is 6.54 Å². The molecule has 1 aliphatic carbocycles. The second-order valence-corrected chi connectivity index (χ2v) is 6.91. The summed E-state index contributed by atoms with van der Waals surface area (Å²) < 4.78 is 1.94. The van der Waals surface area contributed by atoms with Crippen LogP contribution in [0.4, 0.5) is 0 Å². The first-order valence-corrected chi connectivity index (χ1v) is 9.61. The summed E-state index contributed by atoms with van der Waals surface area (Å²) in [5.74, 6) is 2.56. The molecule has 1 aromatic rings. The minimum absolute atomic E-state index is 0. The maximum atomic E-state index is 12.5. The normalized spacial score (nSPS) is 14.8. The van der Waals surface area contributed by atoms with Crippen molar-refractivity contribution in [3.05, 3.63) is 11.6 Å². The SMILES string of the molecule is CCN(CC)C(=O)CN(C)C(=NCc1nnc(C)n1C)NC1CCCC1.I. The molecule has 0 atom stereocenters. The molecule has 0 unspecified atom stereocenters. The van der Waals surface area contributed by atoms with Crippen molar-refractivity contribution >= 4 is 35.8 Å². The maximum Gasteiger partial charge on any atom is 0.242 e. The van der Waals surface area contributed by atoms with Gasteiger partial charge in [-0.2, -0.15) is 0 Å². The number of nitrogens with one attached hydrogen (secondary N) is 1. The molecule has 1 aliphatic rings. The van der Waals surface area contributed by atoms with Gasteiger partial charge in [-0.1, -0.05) is 12.8 Å². The van der Waals surface area contributed by atoms with E-state index in [1.54, 1.807) is 0 Å². The van der Waals surface area contributed by atoms with Crippen molar-refractivity contribution in [2.45, 2.75) is 59.0 Å². The minimum atomic E-state index is 0. The van der Waals surface area contributed by atoms with Crippen LogP contribution in [0.2, 0.25) is 0 Å². The number of likely N-dealkylation sites (N-methyl/N-ethyl adjacent to an activating group) is 2. The molecule has 0 saturated heterocycles. The van der Waals surface area contributed by atoms with E-state index in [0.717, 1.165) is 43.5 Å². The molecule has 1 aromatic heterocycles. The van der Waals surface area contributed by atoms with Gasteiger partial charge in [0, 0.05) is 33.2 Å². The van der Waals surface area contributed by atoms with Crippen LogP contribution >= 0.6 is 24.0 Å². The van der Waals surface area contributed by atoms with Gasteiger partial charge in [-0.15, -0.1) is 34.2 Å². The molecule has 1 heterocycles. The molecule has 0 spiro atoms. The van der Waals surface area contributed by atoms with Gasteiger partial charge in [-0.3, -0.25) is 4.79 Å². The summed E-state index contributed by atoms with van der Waals surface area (Å²) in [7, 11) is 3.86. The zero-order valence-electron chi connectivity index (χ0n) is 17.2. The fraction of sp³-hybridized carbons (Fsp3) is 0.778. The molecule has 8 nitrogen and oxygen atoms in total. The Hall–Kier alpha value is -1.39. The number of carbonyl (C=O) groups excluding carboxylic acids is 1. The average molecular weight is 491 g/mol. The van der Waals surface area contributed by atoms with E-state index in [2.05, 4.69) is 15.5 Å². The number of aliphatic imine (C=N–C) groups is 1. The third kappa shape index (κ3) is 6.62. The highest BCUT2D eigenvalue weighted by atomic mass is 127. The molecule has 0 radical (unpaired) electrons. The van der Waals surface area contributed by atoms with Gasteiger partial charge in [0.15, 0.2) is 11.8 Å². The van der Waals surface area contributed by atoms with E-state index in [4.69, 9.17) is 4.99 Å². The number of carbonyl (C=O) groups is 1. The molecule has 0 bridgehead atoms. The Morgan fingerprint density at radius 3 is 2.41 bits per heavy atom. The van der Waals surface area contributed by atoms with E-state index < -0.39 is 0 Å². The van der Waals surface area contributed by atoms with E-state index in [0.29, 0.717) is 19.1 Å². The smallest absolute Gasteiger partial charge is 0.242 e. The van der Waals surface area contributed by atoms with E-state index in [1.807, 2.05) is 49.2 Å². The third-order valence-electron chi connectivity index (χ3n) is 5.09. The van der Waals surface area contributed by atoms with Gasteiger partial charge >= 0.3 is 0 Å². The number of hydrogen-bond donors (Lipinski definition) is 1. The largest absolute Gasteiger partial charge is 0.353 e. The van der Waals surface area contributed by atoms with Crippen molar-refractivity contribution in [2.75, 3.05) is 26.7 Å². The van der Waals surface area contributed by atoms with Crippen LogP contribution in [0.5, 0.6) is 0 Å². The Morgan fingerprint density at radius 1 is 1.26 bits per heavy atom. The van der Waals surface area contributed by atoms with Crippen LogP contribution in [0.15, 0.2) is 4.99 Å². The van der Waals surface area contributed by atoms with Crippen LogP contribution in [-0.2, 0) is 18.4 Å². The summed E-state index contributed by atoms with van der Waals surface area (Å²) in [5, 5.41) is 11.8. The van der Waals surface area contributed by atoms with Crippen LogP contribution in [0.3, 0.4) is 0 Å². The lowest BCUT2D eigenvalue weighted by Gasteiger charge is -2.27. The van der Waals surface area contributed by atoms with Crippen LogP contribution in [0, 0.1) is 6.92 Å². The van der Waals surface area contributed by atoms with Crippen molar-refractivity contribution in [1.82, 2.24) is 29.9 Å². The van der Waals surface area contributed by atoms with E-state index in [-0.39, 0.29) is 29.9 Å². The quantitative estimate of drug-likeness (QED) is 0.358. The highest BCUT2D eigenvalue weighted by Crippen LogP contribution is 2.18. The highest BCUT2D eigenvalue weighted by molar-refractivity contribution is 14.0. The Labute approximate surface area is 179 Å². The minimum Gasteiger partial charge on any atom is -0.353 e. The summed E-state index contributed by atoms with van der Waals surface area (Å²) in [6.45, 7) is 8.14. The summed E-state index contributed by atoms with van der Waals surface area (Å²) in [6, 6.07) is 0.431. The van der Waals surface area contributed by atoms with Crippen molar-refractivity contribution in [3.63, 3.8) is 0 Å². The molecular weight excluding hydrogens is 457 g/mol. The van der Waals surface area contributed by atoms with Crippen molar-refractivity contribution < 1.29 is 4.79 Å². The molecule has 1 amide bonds. The second-order valence-electron chi connectivity index (χ2n) is 6.91. The lowest BCUT2D eigenvalue weighted by atomic mass is 10.2. The molecule has 1 fully saturated rings. The number of aromatic nitrogens is 3. The first-order chi connectivity index (χ1) is 12.5. The zero-order valence-corrected chi connectivity index (χ0v) is 19.6. The van der Waals surface area contributed by atoms with Crippen molar-refractivity contribution in [2.24, 2.45) is 12.0 Å². The van der Waals surface area contributed by atoms with Gasteiger partial charge in [0.2, 0.25) is 5.91 Å². The van der Waals surface area contributed by atoms with Crippen molar-refractivity contribution in [3.8, 4) is 0 Å². The van der Waals surface area contributed by atoms with Crippen LogP contribution < -0.4 is 5.32 Å². The molecule has 154 valence electrons. The second kappa shape index (κ2) is 11.5. The lowest BCUT2D eigenvalue weighted by molar-refractivity contribution is -0.131. The highest BCUT2D eigenvalue weighted by Gasteiger charge is 2.20. The molecule has 1 N–H and O–H groups in total. The zero-order chi connectivity index (χ0) is 19.1. The Balaban J connectivity index is 0.00000364. The Morgan fingerprint density at radius 2 is 1.89 bits per heavy atom. The Kier molecular flexibility index (Phi) is 10.0. The van der Waals surface area contributed by atoms with E-state index >= 15 is 0 Å². The summed E-state index contributed by atoms with van der Waals surface area (Å²) in [5.41, 5.74) is 0. The number of halogens is 1. The fourth-order valence-electron chi connectivity index (χ4n) is 3.22. The van der Waals surface area contributed by atoms with E-state index in [9.17, 15) is 4.79 Å². The number of amides is 1. The topological polar surface area (TPSA) is 78.7 Å². The monoisotopic (exact) mass is 491 g/mol.